The van der Waals surface area contributed by atoms with Crippen LogP contribution < -0.4 is 16.0 Å². The fourth-order valence-corrected chi connectivity index (χ4v) is 3.21. The largest absolute Gasteiger partial charge is 0.444 e. The Bertz CT molecular complexity index is 886. The Hall–Kier alpha value is -3.43. The molecule has 1 aromatic rings. The van der Waals surface area contributed by atoms with Crippen molar-refractivity contribution in [3.05, 3.63) is 35.9 Å². The van der Waals surface area contributed by atoms with Gasteiger partial charge in [-0.15, -0.1) is 0 Å². The van der Waals surface area contributed by atoms with Crippen molar-refractivity contribution in [2.24, 2.45) is 5.16 Å². The average molecular weight is 475 g/mol. The molecular weight excluding hydrogens is 440 g/mol. The predicted molar refractivity (Wildman–Crippen MR) is 126 cm³/mol. The number of hydrogen-bond acceptors (Lipinski definition) is 7. The maximum Gasteiger partial charge on any atom is 0.408 e. The number of carbonyl (C=O) groups excluding carboxylic acids is 4. The number of nitrogens with zero attached hydrogens (tertiary/aromatic N) is 1. The van der Waals surface area contributed by atoms with Crippen LogP contribution in [-0.2, 0) is 30.4 Å². The van der Waals surface area contributed by atoms with Crippen molar-refractivity contribution in [2.75, 3.05) is 6.54 Å². The van der Waals surface area contributed by atoms with Crippen molar-refractivity contribution in [1.29, 1.82) is 0 Å². The molecule has 0 bridgehead atoms. The van der Waals surface area contributed by atoms with Gasteiger partial charge in [0, 0.05) is 6.42 Å². The van der Waals surface area contributed by atoms with Crippen LogP contribution in [0.5, 0.6) is 0 Å². The SMILES string of the molecule is C[C@@H](NC(=O)OC(C)(C)C)C(=O)N[C@@H](Cc1ccccc1)C(=O)NCC(=O)ON=C1CCCC1. The lowest BCUT2D eigenvalue weighted by molar-refractivity contribution is -0.144. The normalized spacial score (nSPS) is 15.0. The van der Waals surface area contributed by atoms with Gasteiger partial charge in [0.1, 0.15) is 24.2 Å². The summed E-state index contributed by atoms with van der Waals surface area (Å²) in [7, 11) is 0. The fourth-order valence-electron chi connectivity index (χ4n) is 3.21. The molecule has 0 radical (unpaired) electrons. The number of benzene rings is 1. The van der Waals surface area contributed by atoms with Crippen LogP contribution in [0.2, 0.25) is 0 Å². The Labute approximate surface area is 199 Å². The van der Waals surface area contributed by atoms with Gasteiger partial charge in [-0.1, -0.05) is 35.5 Å². The summed E-state index contributed by atoms with van der Waals surface area (Å²) in [5.41, 5.74) is 0.930. The molecule has 1 aliphatic rings. The molecule has 3 amide bonds. The molecule has 1 aliphatic carbocycles. The third-order valence-corrected chi connectivity index (χ3v) is 4.91. The summed E-state index contributed by atoms with van der Waals surface area (Å²) in [4.78, 5) is 54.2. The van der Waals surface area contributed by atoms with Gasteiger partial charge >= 0.3 is 12.1 Å². The smallest absolute Gasteiger partial charge is 0.408 e. The number of hydrogen-bond donors (Lipinski definition) is 3. The summed E-state index contributed by atoms with van der Waals surface area (Å²) in [5, 5.41) is 11.4. The molecule has 34 heavy (non-hydrogen) atoms. The maximum atomic E-state index is 12.8. The third-order valence-electron chi connectivity index (χ3n) is 4.91. The van der Waals surface area contributed by atoms with E-state index < -0.39 is 41.6 Å². The van der Waals surface area contributed by atoms with E-state index in [0.29, 0.717) is 0 Å². The molecule has 10 heteroatoms. The highest BCUT2D eigenvalue weighted by Gasteiger charge is 2.26. The molecule has 0 saturated heterocycles. The van der Waals surface area contributed by atoms with E-state index in [4.69, 9.17) is 9.57 Å². The minimum absolute atomic E-state index is 0.189. The molecule has 10 nitrogen and oxygen atoms in total. The van der Waals surface area contributed by atoms with Gasteiger partial charge in [0.2, 0.25) is 11.8 Å². The fraction of sp³-hybridized carbons (Fsp3) is 0.542. The van der Waals surface area contributed by atoms with Crippen LogP contribution in [0.25, 0.3) is 0 Å². The molecule has 1 aromatic carbocycles. The average Bonchev–Trinajstić information content (AvgIpc) is 3.28. The lowest BCUT2D eigenvalue weighted by Gasteiger charge is -2.23. The van der Waals surface area contributed by atoms with E-state index in [1.54, 1.807) is 20.8 Å². The summed E-state index contributed by atoms with van der Waals surface area (Å²) >= 11 is 0. The van der Waals surface area contributed by atoms with Crippen LogP contribution in [0.4, 0.5) is 4.79 Å². The summed E-state index contributed by atoms with van der Waals surface area (Å²) in [5.74, 6) is -1.83. The third kappa shape index (κ3) is 10.0. The minimum atomic E-state index is -0.980. The quantitative estimate of drug-likeness (QED) is 0.371. The van der Waals surface area contributed by atoms with Crippen molar-refractivity contribution < 1.29 is 28.8 Å². The van der Waals surface area contributed by atoms with Crippen LogP contribution in [-0.4, -0.2) is 53.8 Å². The zero-order valence-corrected chi connectivity index (χ0v) is 20.2. The summed E-state index contributed by atoms with van der Waals surface area (Å²) in [6.45, 7) is 6.23. The van der Waals surface area contributed by atoms with Gasteiger partial charge in [-0.05, 0) is 58.9 Å². The lowest BCUT2D eigenvalue weighted by Crippen LogP contribution is -2.54. The number of nitrogens with one attached hydrogen (secondary N) is 3. The Morgan fingerprint density at radius 1 is 1.00 bits per heavy atom. The predicted octanol–water partition coefficient (Wildman–Crippen LogP) is 2.22. The van der Waals surface area contributed by atoms with E-state index in [-0.39, 0.29) is 13.0 Å². The van der Waals surface area contributed by atoms with Gasteiger partial charge < -0.3 is 25.5 Å². The maximum absolute atomic E-state index is 12.8. The van der Waals surface area contributed by atoms with Crippen LogP contribution in [0.1, 0.15) is 58.9 Å². The van der Waals surface area contributed by atoms with Crippen molar-refractivity contribution in [1.82, 2.24) is 16.0 Å². The van der Waals surface area contributed by atoms with Crippen molar-refractivity contribution in [2.45, 2.75) is 77.5 Å². The molecule has 0 unspecified atom stereocenters. The monoisotopic (exact) mass is 474 g/mol. The van der Waals surface area contributed by atoms with Gasteiger partial charge in [-0.2, -0.15) is 0 Å². The van der Waals surface area contributed by atoms with E-state index >= 15 is 0 Å². The van der Waals surface area contributed by atoms with Gasteiger partial charge in [-0.3, -0.25) is 9.59 Å². The van der Waals surface area contributed by atoms with Gasteiger partial charge in [0.25, 0.3) is 0 Å². The van der Waals surface area contributed by atoms with Crippen LogP contribution >= 0.6 is 0 Å². The van der Waals surface area contributed by atoms with E-state index in [1.165, 1.54) is 6.92 Å². The highest BCUT2D eigenvalue weighted by atomic mass is 16.7. The Kier molecular flexibility index (Phi) is 10.0. The standard InChI is InChI=1S/C24H34N4O6/c1-16(26-23(32)33-24(2,3)4)21(30)27-19(14-17-10-6-5-7-11-17)22(31)25-15-20(29)34-28-18-12-8-9-13-18/h5-7,10-11,16,19H,8-9,12-15H2,1-4H3,(H,25,31)(H,26,32)(H,27,30)/t16-,19+/m1/s1. The molecule has 0 heterocycles. The Morgan fingerprint density at radius 2 is 1.65 bits per heavy atom. The molecule has 0 aliphatic heterocycles. The van der Waals surface area contributed by atoms with Gasteiger partial charge in [0.15, 0.2) is 0 Å². The molecule has 1 saturated carbocycles. The molecule has 2 atom stereocenters. The van der Waals surface area contributed by atoms with Gasteiger partial charge in [-0.25, -0.2) is 9.59 Å². The van der Waals surface area contributed by atoms with Crippen molar-refractivity contribution >= 4 is 29.6 Å². The van der Waals surface area contributed by atoms with E-state index in [1.807, 2.05) is 30.3 Å². The molecule has 0 spiro atoms. The number of ether oxygens (including phenoxy) is 1. The molecule has 2 rings (SSSR count). The first-order valence-electron chi connectivity index (χ1n) is 11.4. The zero-order valence-electron chi connectivity index (χ0n) is 20.2. The zero-order chi connectivity index (χ0) is 25.1. The summed E-state index contributed by atoms with van der Waals surface area (Å²) in [6, 6.07) is 7.18. The highest BCUT2D eigenvalue weighted by molar-refractivity contribution is 5.92. The van der Waals surface area contributed by atoms with E-state index in [0.717, 1.165) is 37.0 Å². The summed E-state index contributed by atoms with van der Waals surface area (Å²) < 4.78 is 5.16. The van der Waals surface area contributed by atoms with Crippen molar-refractivity contribution in [3.63, 3.8) is 0 Å². The van der Waals surface area contributed by atoms with Crippen LogP contribution in [0.3, 0.4) is 0 Å². The number of carbonyl (C=O) groups is 4. The Morgan fingerprint density at radius 3 is 2.26 bits per heavy atom. The van der Waals surface area contributed by atoms with Crippen molar-refractivity contribution in [3.8, 4) is 0 Å². The number of rotatable bonds is 9. The molecular formula is C24H34N4O6. The number of alkyl carbamates (subject to hydrolysis) is 1. The second-order valence-electron chi connectivity index (χ2n) is 9.16. The van der Waals surface area contributed by atoms with E-state index in [9.17, 15) is 19.2 Å². The number of amides is 3. The van der Waals surface area contributed by atoms with E-state index in [2.05, 4.69) is 21.1 Å². The highest BCUT2D eigenvalue weighted by Crippen LogP contribution is 2.14. The molecule has 186 valence electrons. The number of oxime groups is 1. The van der Waals surface area contributed by atoms with Crippen LogP contribution in [0.15, 0.2) is 35.5 Å². The van der Waals surface area contributed by atoms with Gasteiger partial charge in [0.05, 0.1) is 5.71 Å². The molecule has 1 fully saturated rings. The Balaban J connectivity index is 1.95. The summed E-state index contributed by atoms with van der Waals surface area (Å²) in [6.07, 6.45) is 3.10. The molecule has 0 aromatic heterocycles. The first-order chi connectivity index (χ1) is 16.0. The topological polar surface area (TPSA) is 135 Å². The van der Waals surface area contributed by atoms with Crippen LogP contribution in [0, 0.1) is 0 Å². The first-order valence-corrected chi connectivity index (χ1v) is 11.4. The first kappa shape index (κ1) is 26.8. The second kappa shape index (κ2) is 12.7. The lowest BCUT2D eigenvalue weighted by atomic mass is 10.0. The molecule has 3 N–H and O–H groups in total. The minimum Gasteiger partial charge on any atom is -0.444 e. The second-order valence-corrected chi connectivity index (χ2v) is 9.16.